The Morgan fingerprint density at radius 1 is 1.44 bits per heavy atom. The van der Waals surface area contributed by atoms with E-state index in [1.54, 1.807) is 19.1 Å². The van der Waals surface area contributed by atoms with Crippen molar-refractivity contribution in [1.82, 2.24) is 4.90 Å². The molecule has 18 heavy (non-hydrogen) atoms. The first-order valence-corrected chi connectivity index (χ1v) is 5.67. The highest BCUT2D eigenvalue weighted by Gasteiger charge is 2.16. The molecule has 0 aromatic heterocycles. The lowest BCUT2D eigenvalue weighted by molar-refractivity contribution is -0.130. The van der Waals surface area contributed by atoms with Crippen LogP contribution in [0.5, 0.6) is 5.75 Å². The SMILES string of the molecule is COc1ccccc1CC(C)N(C)C(=O)CN.Cl. The molecule has 0 saturated heterocycles. The molecule has 102 valence electrons. The van der Waals surface area contributed by atoms with Gasteiger partial charge in [0.15, 0.2) is 0 Å². The van der Waals surface area contributed by atoms with Crippen LogP contribution in [-0.4, -0.2) is 37.6 Å². The number of benzene rings is 1. The van der Waals surface area contributed by atoms with Crippen LogP contribution in [0.3, 0.4) is 0 Å². The molecule has 5 heteroatoms. The molecule has 1 unspecified atom stereocenters. The lowest BCUT2D eigenvalue weighted by Gasteiger charge is -2.25. The smallest absolute Gasteiger partial charge is 0.236 e. The van der Waals surface area contributed by atoms with Gasteiger partial charge in [-0.3, -0.25) is 4.79 Å². The van der Waals surface area contributed by atoms with E-state index in [-0.39, 0.29) is 30.9 Å². The van der Waals surface area contributed by atoms with E-state index in [9.17, 15) is 4.79 Å². The molecule has 1 rings (SSSR count). The van der Waals surface area contributed by atoms with E-state index in [0.29, 0.717) is 0 Å². The second-order valence-corrected chi connectivity index (χ2v) is 4.07. The molecule has 0 spiro atoms. The fourth-order valence-corrected chi connectivity index (χ4v) is 1.72. The summed E-state index contributed by atoms with van der Waals surface area (Å²) in [5.41, 5.74) is 6.44. The standard InChI is InChI=1S/C13H20N2O2.ClH/c1-10(15(2)13(16)9-14)8-11-6-4-5-7-12(11)17-3;/h4-7,10H,8-9,14H2,1-3H3;1H. The third-order valence-corrected chi connectivity index (χ3v) is 2.94. The zero-order chi connectivity index (χ0) is 12.8. The number of hydrogen-bond donors (Lipinski definition) is 1. The van der Waals surface area contributed by atoms with Crippen molar-refractivity contribution >= 4 is 18.3 Å². The van der Waals surface area contributed by atoms with Crippen LogP contribution in [0.1, 0.15) is 12.5 Å². The first-order valence-electron chi connectivity index (χ1n) is 5.67. The fourth-order valence-electron chi connectivity index (χ4n) is 1.72. The van der Waals surface area contributed by atoms with Crippen LogP contribution in [0.25, 0.3) is 0 Å². The maximum atomic E-state index is 11.5. The first-order chi connectivity index (χ1) is 8.10. The Balaban J connectivity index is 0.00000289. The molecule has 0 aliphatic carbocycles. The summed E-state index contributed by atoms with van der Waals surface area (Å²) in [6.45, 7) is 2.05. The summed E-state index contributed by atoms with van der Waals surface area (Å²) in [6, 6.07) is 7.93. The van der Waals surface area contributed by atoms with Gasteiger partial charge in [-0.1, -0.05) is 18.2 Å². The highest BCUT2D eigenvalue weighted by atomic mass is 35.5. The molecule has 0 aliphatic rings. The molecule has 1 aromatic rings. The van der Waals surface area contributed by atoms with Gasteiger partial charge in [-0.2, -0.15) is 0 Å². The van der Waals surface area contributed by atoms with Gasteiger partial charge in [0.05, 0.1) is 13.7 Å². The Kier molecular flexibility index (Phi) is 7.39. The van der Waals surface area contributed by atoms with Gasteiger partial charge >= 0.3 is 0 Å². The summed E-state index contributed by atoms with van der Waals surface area (Å²) in [4.78, 5) is 13.1. The summed E-state index contributed by atoms with van der Waals surface area (Å²) < 4.78 is 5.28. The predicted molar refractivity (Wildman–Crippen MR) is 75.2 cm³/mol. The van der Waals surface area contributed by atoms with Crippen molar-refractivity contribution in [3.05, 3.63) is 29.8 Å². The Morgan fingerprint density at radius 2 is 2.06 bits per heavy atom. The first kappa shape index (κ1) is 16.7. The van der Waals surface area contributed by atoms with Gasteiger partial charge in [0.2, 0.25) is 5.91 Å². The number of ether oxygens (including phenoxy) is 1. The van der Waals surface area contributed by atoms with E-state index in [4.69, 9.17) is 10.5 Å². The van der Waals surface area contributed by atoms with Crippen molar-refractivity contribution in [3.8, 4) is 5.75 Å². The Morgan fingerprint density at radius 3 is 2.61 bits per heavy atom. The van der Waals surface area contributed by atoms with Gasteiger partial charge in [-0.05, 0) is 25.0 Å². The van der Waals surface area contributed by atoms with Crippen molar-refractivity contribution in [2.75, 3.05) is 20.7 Å². The lowest BCUT2D eigenvalue weighted by Crippen LogP contribution is -2.40. The molecule has 0 saturated carbocycles. The number of halogens is 1. The highest BCUT2D eigenvalue weighted by Crippen LogP contribution is 2.20. The van der Waals surface area contributed by atoms with Gasteiger partial charge in [-0.15, -0.1) is 12.4 Å². The van der Waals surface area contributed by atoms with Crippen LogP contribution < -0.4 is 10.5 Å². The Labute approximate surface area is 115 Å². The molecule has 1 amide bonds. The topological polar surface area (TPSA) is 55.6 Å². The van der Waals surface area contributed by atoms with Crippen molar-refractivity contribution < 1.29 is 9.53 Å². The minimum atomic E-state index is -0.0487. The van der Waals surface area contributed by atoms with Crippen molar-refractivity contribution in [3.63, 3.8) is 0 Å². The van der Waals surface area contributed by atoms with Crippen LogP contribution in [0.15, 0.2) is 24.3 Å². The maximum absolute atomic E-state index is 11.5. The number of para-hydroxylation sites is 1. The van der Waals surface area contributed by atoms with Crippen LogP contribution >= 0.6 is 12.4 Å². The van der Waals surface area contributed by atoms with Crippen LogP contribution in [0, 0.1) is 0 Å². The van der Waals surface area contributed by atoms with Crippen LogP contribution in [-0.2, 0) is 11.2 Å². The second-order valence-electron chi connectivity index (χ2n) is 4.07. The third kappa shape index (κ3) is 4.20. The number of carbonyl (C=O) groups excluding carboxylic acids is 1. The molecule has 1 atom stereocenters. The molecule has 0 radical (unpaired) electrons. The average molecular weight is 273 g/mol. The number of amides is 1. The molecule has 1 aromatic carbocycles. The quantitative estimate of drug-likeness (QED) is 0.883. The number of nitrogens with two attached hydrogens (primary N) is 1. The number of likely N-dealkylation sites (N-methyl/N-ethyl adjacent to an activating group) is 1. The minimum absolute atomic E-state index is 0. The summed E-state index contributed by atoms with van der Waals surface area (Å²) >= 11 is 0. The van der Waals surface area contributed by atoms with Gasteiger partial charge < -0.3 is 15.4 Å². The minimum Gasteiger partial charge on any atom is -0.496 e. The highest BCUT2D eigenvalue weighted by molar-refractivity contribution is 5.85. The number of nitrogens with zero attached hydrogens (tertiary/aromatic N) is 1. The number of rotatable bonds is 5. The second kappa shape index (κ2) is 7.95. The van der Waals surface area contributed by atoms with Crippen LogP contribution in [0.4, 0.5) is 0 Å². The summed E-state index contributed by atoms with van der Waals surface area (Å²) in [6.07, 6.45) is 0.756. The molecule has 0 aliphatic heterocycles. The zero-order valence-electron chi connectivity index (χ0n) is 11.1. The average Bonchev–Trinajstić information content (AvgIpc) is 2.37. The molecule has 0 bridgehead atoms. The zero-order valence-corrected chi connectivity index (χ0v) is 11.9. The molecular formula is C13H21ClN2O2. The van der Waals surface area contributed by atoms with Crippen molar-refractivity contribution in [2.45, 2.75) is 19.4 Å². The summed E-state index contributed by atoms with van der Waals surface area (Å²) in [7, 11) is 3.42. The van der Waals surface area contributed by atoms with E-state index < -0.39 is 0 Å². The summed E-state index contributed by atoms with van der Waals surface area (Å²) in [5.74, 6) is 0.806. The van der Waals surface area contributed by atoms with Crippen molar-refractivity contribution in [2.24, 2.45) is 5.73 Å². The van der Waals surface area contributed by atoms with Gasteiger partial charge in [-0.25, -0.2) is 0 Å². The molecule has 0 fully saturated rings. The van der Waals surface area contributed by atoms with E-state index in [1.165, 1.54) is 0 Å². The molecule has 4 nitrogen and oxygen atoms in total. The van der Waals surface area contributed by atoms with Crippen molar-refractivity contribution in [1.29, 1.82) is 0 Å². The fraction of sp³-hybridized carbons (Fsp3) is 0.462. The Hall–Kier alpha value is -1.26. The predicted octanol–water partition coefficient (Wildman–Crippen LogP) is 1.47. The molecular weight excluding hydrogens is 252 g/mol. The monoisotopic (exact) mass is 272 g/mol. The maximum Gasteiger partial charge on any atom is 0.236 e. The Bertz CT molecular complexity index is 385. The molecule has 2 N–H and O–H groups in total. The largest absolute Gasteiger partial charge is 0.496 e. The van der Waals surface area contributed by atoms with E-state index in [1.807, 2.05) is 31.2 Å². The van der Waals surface area contributed by atoms with E-state index in [2.05, 4.69) is 0 Å². The normalized spacial score (nSPS) is 11.3. The van der Waals surface area contributed by atoms with Gasteiger partial charge in [0, 0.05) is 13.1 Å². The van der Waals surface area contributed by atoms with E-state index >= 15 is 0 Å². The number of carbonyl (C=O) groups is 1. The molecule has 0 heterocycles. The number of methoxy groups -OCH3 is 1. The summed E-state index contributed by atoms with van der Waals surface area (Å²) in [5, 5.41) is 0. The van der Waals surface area contributed by atoms with Gasteiger partial charge in [0.25, 0.3) is 0 Å². The lowest BCUT2D eigenvalue weighted by atomic mass is 10.1. The number of hydrogen-bond acceptors (Lipinski definition) is 3. The van der Waals surface area contributed by atoms with Crippen LogP contribution in [0.2, 0.25) is 0 Å². The van der Waals surface area contributed by atoms with Gasteiger partial charge in [0.1, 0.15) is 5.75 Å². The third-order valence-electron chi connectivity index (χ3n) is 2.94. The van der Waals surface area contributed by atoms with E-state index in [0.717, 1.165) is 17.7 Å².